The SMILES string of the molecule is Cc1cnc(-c2cc(-c3cccc4c3nc(-c3cc(C(C)(C)C)cc(C(C)(C)C)c3O)n4-c3ccccc3-c3ccccc3)cc3nc(C(C)(C)C)sc23)cc1-c1ccc(-c2ccccc2)cc1. The van der Waals surface area contributed by atoms with Crippen LogP contribution in [-0.4, -0.2) is 24.6 Å². The minimum Gasteiger partial charge on any atom is -0.507 e. The summed E-state index contributed by atoms with van der Waals surface area (Å²) in [5, 5.41) is 13.6. The van der Waals surface area contributed by atoms with Crippen molar-refractivity contribution >= 4 is 32.6 Å². The third-order valence-electron chi connectivity index (χ3n) is 13.1. The molecule has 0 aliphatic rings. The van der Waals surface area contributed by atoms with Crippen LogP contribution in [0.15, 0.2) is 164 Å². The first-order chi connectivity index (χ1) is 32.4. The number of fused-ring (bicyclic) bond motifs is 2. The summed E-state index contributed by atoms with van der Waals surface area (Å²) in [7, 11) is 0. The highest BCUT2D eigenvalue weighted by atomic mass is 32.1. The van der Waals surface area contributed by atoms with Crippen molar-refractivity contribution in [2.75, 3.05) is 0 Å². The number of benzene rings is 7. The molecule has 0 saturated carbocycles. The summed E-state index contributed by atoms with van der Waals surface area (Å²) in [6.07, 6.45) is 2.00. The first-order valence-corrected chi connectivity index (χ1v) is 24.4. The number of aromatic hydroxyl groups is 1. The highest BCUT2D eigenvalue weighted by molar-refractivity contribution is 7.19. The van der Waals surface area contributed by atoms with E-state index in [0.717, 1.165) is 93.3 Å². The smallest absolute Gasteiger partial charge is 0.149 e. The minimum absolute atomic E-state index is 0.150. The molecule has 0 radical (unpaired) electrons. The van der Waals surface area contributed by atoms with Gasteiger partial charge in [-0.2, -0.15) is 0 Å². The van der Waals surface area contributed by atoms with Crippen LogP contribution in [0.5, 0.6) is 5.75 Å². The third-order valence-corrected chi connectivity index (χ3v) is 14.6. The fourth-order valence-corrected chi connectivity index (χ4v) is 10.4. The Hall–Kier alpha value is -7.15. The van der Waals surface area contributed by atoms with Gasteiger partial charge in [0.1, 0.15) is 11.6 Å². The van der Waals surface area contributed by atoms with Crippen molar-refractivity contribution in [2.45, 2.75) is 85.5 Å². The molecule has 5 nitrogen and oxygen atoms in total. The van der Waals surface area contributed by atoms with E-state index in [9.17, 15) is 5.11 Å². The van der Waals surface area contributed by atoms with Crippen LogP contribution < -0.4 is 0 Å². The van der Waals surface area contributed by atoms with Crippen LogP contribution in [0, 0.1) is 6.92 Å². The predicted octanol–water partition coefficient (Wildman–Crippen LogP) is 16.9. The lowest BCUT2D eigenvalue weighted by Crippen LogP contribution is -2.17. The van der Waals surface area contributed by atoms with Crippen molar-refractivity contribution < 1.29 is 5.11 Å². The highest BCUT2D eigenvalue weighted by Crippen LogP contribution is 2.47. The van der Waals surface area contributed by atoms with Gasteiger partial charge in [0.25, 0.3) is 0 Å². The molecule has 1 N–H and O–H groups in total. The summed E-state index contributed by atoms with van der Waals surface area (Å²) < 4.78 is 3.36. The maximum Gasteiger partial charge on any atom is 0.149 e. The molecule has 7 aromatic carbocycles. The molecular formula is C62H58N4OS. The van der Waals surface area contributed by atoms with Gasteiger partial charge in [0.15, 0.2) is 0 Å². The van der Waals surface area contributed by atoms with Gasteiger partial charge in [0.05, 0.1) is 43.2 Å². The molecule has 0 saturated heterocycles. The maximum atomic E-state index is 12.5. The second-order valence-corrected chi connectivity index (χ2v) is 22.2. The Balaban J connectivity index is 1.23. The van der Waals surface area contributed by atoms with E-state index < -0.39 is 0 Å². The molecule has 6 heteroatoms. The summed E-state index contributed by atoms with van der Waals surface area (Å²) in [6, 6.07) is 55.9. The van der Waals surface area contributed by atoms with Gasteiger partial charge in [-0.05, 0) is 98.7 Å². The van der Waals surface area contributed by atoms with Crippen LogP contribution >= 0.6 is 11.3 Å². The summed E-state index contributed by atoms with van der Waals surface area (Å²) in [6.45, 7) is 22.0. The lowest BCUT2D eigenvalue weighted by atomic mass is 9.79. The zero-order valence-corrected chi connectivity index (χ0v) is 41.5. The molecule has 10 aromatic rings. The first kappa shape index (κ1) is 44.7. The van der Waals surface area contributed by atoms with Crippen LogP contribution in [0.4, 0.5) is 0 Å². The molecule has 0 amide bonds. The molecular weight excluding hydrogens is 849 g/mol. The third kappa shape index (κ3) is 8.21. The van der Waals surface area contributed by atoms with Gasteiger partial charge < -0.3 is 5.11 Å². The molecule has 0 atom stereocenters. The fourth-order valence-electron chi connectivity index (χ4n) is 9.25. The topological polar surface area (TPSA) is 63.8 Å². The van der Waals surface area contributed by atoms with Gasteiger partial charge in [-0.3, -0.25) is 9.55 Å². The molecule has 0 bridgehead atoms. The van der Waals surface area contributed by atoms with Crippen molar-refractivity contribution in [1.29, 1.82) is 0 Å². The van der Waals surface area contributed by atoms with Gasteiger partial charge >= 0.3 is 0 Å². The van der Waals surface area contributed by atoms with Crippen molar-refractivity contribution in [3.05, 3.63) is 186 Å². The summed E-state index contributed by atoms with van der Waals surface area (Å²) in [4.78, 5) is 16.2. The number of thiazole rings is 1. The number of para-hydroxylation sites is 2. The number of hydrogen-bond acceptors (Lipinski definition) is 5. The number of imidazole rings is 1. The van der Waals surface area contributed by atoms with Crippen LogP contribution in [0.2, 0.25) is 0 Å². The number of phenolic OH excluding ortho intramolecular Hbond substituents is 1. The number of aromatic nitrogens is 4. The summed E-state index contributed by atoms with van der Waals surface area (Å²) in [5.74, 6) is 0.927. The average Bonchev–Trinajstić information content (AvgIpc) is 3.94. The Bertz CT molecular complexity index is 3510. The van der Waals surface area contributed by atoms with Crippen LogP contribution in [0.25, 0.3) is 94.1 Å². The monoisotopic (exact) mass is 906 g/mol. The largest absolute Gasteiger partial charge is 0.507 e. The summed E-state index contributed by atoms with van der Waals surface area (Å²) >= 11 is 1.75. The maximum absolute atomic E-state index is 12.5. The molecule has 3 aromatic heterocycles. The lowest BCUT2D eigenvalue weighted by molar-refractivity contribution is 0.446. The summed E-state index contributed by atoms with van der Waals surface area (Å²) in [5.41, 5.74) is 17.6. The van der Waals surface area contributed by atoms with E-state index in [0.29, 0.717) is 11.4 Å². The average molecular weight is 907 g/mol. The van der Waals surface area contributed by atoms with Gasteiger partial charge in [-0.25, -0.2) is 9.97 Å². The van der Waals surface area contributed by atoms with Crippen molar-refractivity contribution in [1.82, 2.24) is 19.5 Å². The Morgan fingerprint density at radius 1 is 0.500 bits per heavy atom. The number of hydrogen-bond donors (Lipinski definition) is 1. The number of phenols is 1. The van der Waals surface area contributed by atoms with Crippen LogP contribution in [0.1, 0.15) is 84.0 Å². The molecule has 10 rings (SSSR count). The first-order valence-electron chi connectivity index (χ1n) is 23.6. The zero-order valence-electron chi connectivity index (χ0n) is 40.7. The van der Waals surface area contributed by atoms with E-state index in [1.54, 1.807) is 11.3 Å². The number of rotatable bonds is 7. The predicted molar refractivity (Wildman–Crippen MR) is 287 cm³/mol. The molecule has 0 unspecified atom stereocenters. The molecule has 0 fully saturated rings. The Morgan fingerprint density at radius 3 is 1.79 bits per heavy atom. The van der Waals surface area contributed by atoms with E-state index in [1.807, 2.05) is 6.20 Å². The van der Waals surface area contributed by atoms with Crippen LogP contribution in [0.3, 0.4) is 0 Å². The number of nitrogens with zero attached hydrogens (tertiary/aromatic N) is 4. The van der Waals surface area contributed by atoms with Gasteiger partial charge in [0.2, 0.25) is 0 Å². The molecule has 3 heterocycles. The van der Waals surface area contributed by atoms with Crippen molar-refractivity contribution in [3.8, 4) is 78.6 Å². The van der Waals surface area contributed by atoms with E-state index in [-0.39, 0.29) is 22.0 Å². The zero-order chi connectivity index (χ0) is 47.7. The normalized spacial score (nSPS) is 12.3. The molecule has 0 aliphatic carbocycles. The van der Waals surface area contributed by atoms with Gasteiger partial charge in [-0.1, -0.05) is 184 Å². The lowest BCUT2D eigenvalue weighted by Gasteiger charge is -2.27. The minimum atomic E-state index is -0.329. The Labute approximate surface area is 404 Å². The van der Waals surface area contributed by atoms with E-state index in [4.69, 9.17) is 15.0 Å². The molecule has 0 aliphatic heterocycles. The second kappa shape index (κ2) is 16.9. The van der Waals surface area contributed by atoms with Gasteiger partial charge in [-0.15, -0.1) is 11.3 Å². The standard InChI is InChI=1S/C62H58N4OS/c1-38-37-63-51(36-47(38)42-30-28-40(29-31-42)39-20-13-11-14-21-39)48-32-43(33-52-57(48)68-59(64-52)62(8,9)10)46-25-19-27-54-55(46)65-58(49-34-44(60(2,3)4)35-50(56(49)67)61(5,6)7)66(54)53-26-18-17-24-45(53)41-22-15-12-16-23-41/h11-37,67H,1-10H3. The highest BCUT2D eigenvalue weighted by Gasteiger charge is 2.30. The molecule has 0 spiro atoms. The second-order valence-electron chi connectivity index (χ2n) is 21.2. The fraction of sp³-hybridized carbons (Fsp3) is 0.210. The Kier molecular flexibility index (Phi) is 11.1. The quantitative estimate of drug-likeness (QED) is 0.173. The number of aryl methyl sites for hydroxylation is 1. The van der Waals surface area contributed by atoms with Gasteiger partial charge in [0, 0.05) is 33.9 Å². The van der Waals surface area contributed by atoms with Crippen LogP contribution in [-0.2, 0) is 16.2 Å². The van der Waals surface area contributed by atoms with E-state index >= 15 is 0 Å². The van der Waals surface area contributed by atoms with Crippen molar-refractivity contribution in [2.24, 2.45) is 0 Å². The van der Waals surface area contributed by atoms with E-state index in [2.05, 4.69) is 232 Å². The molecule has 68 heavy (non-hydrogen) atoms. The molecule has 338 valence electrons. The van der Waals surface area contributed by atoms with E-state index in [1.165, 1.54) is 11.1 Å². The Morgan fingerprint density at radius 2 is 1.12 bits per heavy atom. The van der Waals surface area contributed by atoms with Crippen molar-refractivity contribution in [3.63, 3.8) is 0 Å². The number of pyridine rings is 1.